The smallest absolute Gasteiger partial charge is 0.0532 e. The van der Waals surface area contributed by atoms with Gasteiger partial charge in [0.1, 0.15) is 0 Å². The third-order valence-electron chi connectivity index (χ3n) is 1.92. The second kappa shape index (κ2) is 4.24. The van der Waals surface area contributed by atoms with Crippen molar-refractivity contribution in [2.45, 2.75) is 13.5 Å². The fraction of sp³-hybridized carbons (Fsp3) is 0.182. The van der Waals surface area contributed by atoms with Crippen LogP contribution in [0, 0.1) is 6.92 Å². The third kappa shape index (κ3) is 2.33. The lowest BCUT2D eigenvalue weighted by Crippen LogP contribution is -1.97. The van der Waals surface area contributed by atoms with Crippen molar-refractivity contribution in [2.24, 2.45) is 0 Å². The summed E-state index contributed by atoms with van der Waals surface area (Å²) in [6.45, 7) is 2.92. The molecule has 1 N–H and O–H groups in total. The van der Waals surface area contributed by atoms with Crippen LogP contribution in [0.15, 0.2) is 36.0 Å². The van der Waals surface area contributed by atoms with Gasteiger partial charge in [0.25, 0.3) is 0 Å². The van der Waals surface area contributed by atoms with Crippen molar-refractivity contribution in [2.75, 3.05) is 5.32 Å². The normalized spacial score (nSPS) is 10.1. The minimum atomic E-state index is 0.878. The lowest BCUT2D eigenvalue weighted by atomic mass is 10.3. The van der Waals surface area contributed by atoms with Gasteiger partial charge in [-0.3, -0.25) is 4.98 Å². The van der Waals surface area contributed by atoms with Crippen molar-refractivity contribution in [3.05, 3.63) is 46.4 Å². The van der Waals surface area contributed by atoms with Crippen LogP contribution in [0.3, 0.4) is 0 Å². The zero-order valence-electron chi connectivity index (χ0n) is 8.03. The van der Waals surface area contributed by atoms with Gasteiger partial charge in [-0.2, -0.15) is 0 Å². The van der Waals surface area contributed by atoms with Gasteiger partial charge in [-0.05, 0) is 30.0 Å². The van der Waals surface area contributed by atoms with Gasteiger partial charge in [0, 0.05) is 23.8 Å². The van der Waals surface area contributed by atoms with E-state index in [-0.39, 0.29) is 0 Å². The van der Waals surface area contributed by atoms with Crippen molar-refractivity contribution < 1.29 is 0 Å². The summed E-state index contributed by atoms with van der Waals surface area (Å²) < 4.78 is 0. The van der Waals surface area contributed by atoms with Crippen LogP contribution in [-0.2, 0) is 6.54 Å². The Morgan fingerprint density at radius 2 is 2.36 bits per heavy atom. The molecular formula is C11H12N2S. The molecule has 0 radical (unpaired) electrons. The standard InChI is InChI=1S/C11H12N2S/c1-9-5-10(7-12-6-9)13-8-11-3-2-4-14-11/h2-7,13H,8H2,1H3. The maximum atomic E-state index is 4.13. The lowest BCUT2D eigenvalue weighted by Gasteiger charge is -2.04. The number of pyridine rings is 1. The maximum absolute atomic E-state index is 4.13. The van der Waals surface area contributed by atoms with Gasteiger partial charge in [0.15, 0.2) is 0 Å². The molecule has 0 spiro atoms. The van der Waals surface area contributed by atoms with Crippen LogP contribution in [0.25, 0.3) is 0 Å². The first-order valence-electron chi connectivity index (χ1n) is 4.52. The van der Waals surface area contributed by atoms with E-state index in [1.807, 2.05) is 19.3 Å². The number of nitrogens with one attached hydrogen (secondary N) is 1. The zero-order valence-corrected chi connectivity index (χ0v) is 8.84. The summed E-state index contributed by atoms with van der Waals surface area (Å²) in [6, 6.07) is 6.29. The monoisotopic (exact) mass is 204 g/mol. The van der Waals surface area contributed by atoms with E-state index in [1.165, 1.54) is 10.4 Å². The van der Waals surface area contributed by atoms with Gasteiger partial charge in [-0.25, -0.2) is 0 Å². The molecule has 14 heavy (non-hydrogen) atoms. The Bertz CT molecular complexity index is 395. The third-order valence-corrected chi connectivity index (χ3v) is 2.80. The van der Waals surface area contributed by atoms with Crippen LogP contribution in [0.2, 0.25) is 0 Å². The summed E-state index contributed by atoms with van der Waals surface area (Å²) in [7, 11) is 0. The largest absolute Gasteiger partial charge is 0.379 e. The van der Waals surface area contributed by atoms with Gasteiger partial charge in [0.05, 0.1) is 5.69 Å². The summed E-state index contributed by atoms with van der Waals surface area (Å²) in [5.41, 5.74) is 2.26. The van der Waals surface area contributed by atoms with E-state index >= 15 is 0 Å². The Morgan fingerprint density at radius 3 is 3.07 bits per heavy atom. The van der Waals surface area contributed by atoms with Gasteiger partial charge in [-0.1, -0.05) is 6.07 Å². The molecule has 2 aromatic heterocycles. The van der Waals surface area contributed by atoms with E-state index in [0.29, 0.717) is 0 Å². The molecule has 0 aliphatic heterocycles. The molecule has 72 valence electrons. The van der Waals surface area contributed by atoms with E-state index in [4.69, 9.17) is 0 Å². The van der Waals surface area contributed by atoms with Crippen molar-refractivity contribution >= 4 is 17.0 Å². The topological polar surface area (TPSA) is 24.9 Å². The average molecular weight is 204 g/mol. The first kappa shape index (κ1) is 9.21. The van der Waals surface area contributed by atoms with E-state index in [2.05, 4.69) is 33.9 Å². The molecule has 2 aromatic rings. The molecule has 0 fully saturated rings. The highest BCUT2D eigenvalue weighted by Gasteiger charge is 1.94. The summed E-state index contributed by atoms with van der Waals surface area (Å²) in [5.74, 6) is 0. The Balaban J connectivity index is 1.98. The van der Waals surface area contributed by atoms with Crippen molar-refractivity contribution in [1.29, 1.82) is 0 Å². The van der Waals surface area contributed by atoms with E-state index in [1.54, 1.807) is 11.3 Å². The number of hydrogen-bond acceptors (Lipinski definition) is 3. The van der Waals surface area contributed by atoms with Gasteiger partial charge in [-0.15, -0.1) is 11.3 Å². The Morgan fingerprint density at radius 1 is 1.43 bits per heavy atom. The van der Waals surface area contributed by atoms with Crippen LogP contribution >= 0.6 is 11.3 Å². The molecule has 2 heterocycles. The number of aryl methyl sites for hydroxylation is 1. The highest BCUT2D eigenvalue weighted by Crippen LogP contribution is 2.12. The molecule has 0 aliphatic carbocycles. The fourth-order valence-electron chi connectivity index (χ4n) is 1.25. The van der Waals surface area contributed by atoms with Crippen LogP contribution in [-0.4, -0.2) is 4.98 Å². The Labute approximate surface area is 87.6 Å². The van der Waals surface area contributed by atoms with Gasteiger partial charge in [0.2, 0.25) is 0 Å². The molecule has 0 saturated carbocycles. The molecule has 2 rings (SSSR count). The van der Waals surface area contributed by atoms with Crippen molar-refractivity contribution in [3.63, 3.8) is 0 Å². The Hall–Kier alpha value is -1.35. The Kier molecular flexibility index (Phi) is 2.79. The van der Waals surface area contributed by atoms with Crippen molar-refractivity contribution in [3.8, 4) is 0 Å². The molecule has 0 bridgehead atoms. The minimum absolute atomic E-state index is 0.878. The number of rotatable bonds is 3. The molecule has 0 amide bonds. The number of nitrogens with zero attached hydrogens (tertiary/aromatic N) is 1. The first-order valence-corrected chi connectivity index (χ1v) is 5.40. The molecule has 0 saturated heterocycles. The number of thiophene rings is 1. The lowest BCUT2D eigenvalue weighted by molar-refractivity contribution is 1.16. The number of aromatic nitrogens is 1. The molecule has 0 aromatic carbocycles. The van der Waals surface area contributed by atoms with Crippen molar-refractivity contribution in [1.82, 2.24) is 4.98 Å². The second-order valence-corrected chi connectivity index (χ2v) is 4.22. The molecule has 0 unspecified atom stereocenters. The van der Waals surface area contributed by atoms with E-state index in [9.17, 15) is 0 Å². The van der Waals surface area contributed by atoms with Crippen LogP contribution < -0.4 is 5.32 Å². The van der Waals surface area contributed by atoms with Crippen LogP contribution in [0.4, 0.5) is 5.69 Å². The van der Waals surface area contributed by atoms with Crippen LogP contribution in [0.5, 0.6) is 0 Å². The highest BCUT2D eigenvalue weighted by molar-refractivity contribution is 7.09. The summed E-state index contributed by atoms with van der Waals surface area (Å²) in [4.78, 5) is 5.46. The molecular weight excluding hydrogens is 192 g/mol. The predicted octanol–water partition coefficient (Wildman–Crippen LogP) is 3.06. The van der Waals surface area contributed by atoms with Gasteiger partial charge >= 0.3 is 0 Å². The zero-order chi connectivity index (χ0) is 9.80. The maximum Gasteiger partial charge on any atom is 0.0532 e. The summed E-state index contributed by atoms with van der Waals surface area (Å²) in [5, 5.41) is 5.42. The number of anilines is 1. The predicted molar refractivity (Wildman–Crippen MR) is 60.6 cm³/mol. The van der Waals surface area contributed by atoms with E-state index in [0.717, 1.165) is 12.2 Å². The van der Waals surface area contributed by atoms with Crippen LogP contribution in [0.1, 0.15) is 10.4 Å². The summed E-state index contributed by atoms with van der Waals surface area (Å²) >= 11 is 1.76. The van der Waals surface area contributed by atoms with E-state index < -0.39 is 0 Å². The molecule has 0 atom stereocenters. The fourth-order valence-corrected chi connectivity index (χ4v) is 1.90. The minimum Gasteiger partial charge on any atom is -0.379 e. The first-order chi connectivity index (χ1) is 6.84. The molecule has 3 heteroatoms. The number of hydrogen-bond donors (Lipinski definition) is 1. The quantitative estimate of drug-likeness (QED) is 0.831. The molecule has 0 aliphatic rings. The summed E-state index contributed by atoms with van der Waals surface area (Å²) in [6.07, 6.45) is 3.71. The second-order valence-electron chi connectivity index (χ2n) is 3.18. The SMILES string of the molecule is Cc1cncc(NCc2cccs2)c1. The van der Waals surface area contributed by atoms with Gasteiger partial charge < -0.3 is 5.32 Å². The highest BCUT2D eigenvalue weighted by atomic mass is 32.1. The average Bonchev–Trinajstić information content (AvgIpc) is 2.67. The molecule has 2 nitrogen and oxygen atoms in total.